The van der Waals surface area contributed by atoms with Crippen molar-refractivity contribution in [1.82, 2.24) is 0 Å². The highest BCUT2D eigenvalue weighted by Crippen LogP contribution is 2.59. The minimum atomic E-state index is -1.58. The van der Waals surface area contributed by atoms with E-state index in [2.05, 4.69) is 65.1 Å². The molecule has 32 heavy (non-hydrogen) atoms. The van der Waals surface area contributed by atoms with E-state index in [-0.39, 0.29) is 0 Å². The van der Waals surface area contributed by atoms with Gasteiger partial charge in [-0.3, -0.25) is 4.79 Å². The van der Waals surface area contributed by atoms with E-state index in [1.807, 2.05) is 0 Å². The molecule has 2 fully saturated rings. The maximum absolute atomic E-state index is 13.3. The van der Waals surface area contributed by atoms with Gasteiger partial charge >= 0.3 is 0 Å². The SMILES string of the molecule is CC/C=C\C[C@H]1C(=O)[C@@H]2[C@H]([C@@H]1CCCCCCCCO[Si](C)(C)C(C)(C)C)[C@H]1C=C[C@@H]2C1. The topological polar surface area (TPSA) is 26.3 Å². The summed E-state index contributed by atoms with van der Waals surface area (Å²) in [6, 6.07) is 0. The van der Waals surface area contributed by atoms with Crippen LogP contribution in [0.2, 0.25) is 18.1 Å². The first-order valence-corrected chi connectivity index (χ1v) is 16.6. The van der Waals surface area contributed by atoms with Crippen LogP contribution in [0.4, 0.5) is 0 Å². The second kappa shape index (κ2) is 11.2. The fourth-order valence-electron chi connectivity index (χ4n) is 6.40. The summed E-state index contributed by atoms with van der Waals surface area (Å²) in [6.45, 7) is 14.8. The smallest absolute Gasteiger partial charge is 0.191 e. The lowest BCUT2D eigenvalue weighted by atomic mass is 9.77. The Kier molecular flexibility index (Phi) is 9.05. The lowest BCUT2D eigenvalue weighted by molar-refractivity contribution is -0.125. The average Bonchev–Trinajstić information content (AvgIpc) is 3.40. The fourth-order valence-corrected chi connectivity index (χ4v) is 7.49. The van der Waals surface area contributed by atoms with Gasteiger partial charge in [0.2, 0.25) is 0 Å². The first kappa shape index (κ1) is 25.9. The summed E-state index contributed by atoms with van der Waals surface area (Å²) in [5, 5.41) is 0.312. The van der Waals surface area contributed by atoms with E-state index in [1.54, 1.807) is 0 Å². The number of allylic oxidation sites excluding steroid dienone is 4. The average molecular weight is 459 g/mol. The molecule has 0 amide bonds. The number of ketones is 1. The van der Waals surface area contributed by atoms with E-state index >= 15 is 0 Å². The summed E-state index contributed by atoms with van der Waals surface area (Å²) in [7, 11) is -1.58. The summed E-state index contributed by atoms with van der Waals surface area (Å²) in [5.41, 5.74) is 0. The van der Waals surface area contributed by atoms with E-state index < -0.39 is 8.32 Å². The molecule has 0 spiro atoms. The van der Waals surface area contributed by atoms with Crippen LogP contribution in [0.1, 0.15) is 91.9 Å². The van der Waals surface area contributed by atoms with Crippen molar-refractivity contribution in [2.24, 2.45) is 35.5 Å². The van der Waals surface area contributed by atoms with Crippen LogP contribution in [0.25, 0.3) is 0 Å². The Morgan fingerprint density at radius 2 is 1.66 bits per heavy atom. The first-order chi connectivity index (χ1) is 15.2. The van der Waals surface area contributed by atoms with Crippen molar-refractivity contribution in [1.29, 1.82) is 0 Å². The van der Waals surface area contributed by atoms with E-state index in [1.165, 1.54) is 51.4 Å². The monoisotopic (exact) mass is 458 g/mol. The number of carbonyl (C=O) groups excluding carboxylic acids is 1. The molecule has 0 saturated heterocycles. The highest BCUT2D eigenvalue weighted by molar-refractivity contribution is 6.74. The molecule has 182 valence electrons. The second-order valence-corrected chi connectivity index (χ2v) is 17.2. The van der Waals surface area contributed by atoms with Gasteiger partial charge in [0.1, 0.15) is 5.78 Å². The Balaban J connectivity index is 1.36. The van der Waals surface area contributed by atoms with Gasteiger partial charge in [-0.25, -0.2) is 0 Å². The van der Waals surface area contributed by atoms with Gasteiger partial charge in [0.05, 0.1) is 0 Å². The summed E-state index contributed by atoms with van der Waals surface area (Å²) in [5.74, 6) is 3.81. The van der Waals surface area contributed by atoms with Crippen LogP contribution in [0.3, 0.4) is 0 Å². The Hall–Kier alpha value is -0.673. The van der Waals surface area contributed by atoms with Crippen LogP contribution in [-0.4, -0.2) is 20.7 Å². The van der Waals surface area contributed by atoms with Crippen LogP contribution >= 0.6 is 0 Å². The second-order valence-electron chi connectivity index (χ2n) is 12.4. The largest absolute Gasteiger partial charge is 0.417 e. The maximum atomic E-state index is 13.3. The van der Waals surface area contributed by atoms with E-state index in [0.717, 1.165) is 19.4 Å². The summed E-state index contributed by atoms with van der Waals surface area (Å²) in [6.07, 6.45) is 21.7. The molecule has 0 N–H and O–H groups in total. The Morgan fingerprint density at radius 3 is 2.34 bits per heavy atom. The predicted octanol–water partition coefficient (Wildman–Crippen LogP) is 8.35. The van der Waals surface area contributed by atoms with Crippen molar-refractivity contribution in [3.63, 3.8) is 0 Å². The number of rotatable bonds is 13. The Bertz CT molecular complexity index is 671. The number of hydrogen-bond donors (Lipinski definition) is 0. The van der Waals surface area contributed by atoms with Crippen molar-refractivity contribution >= 4 is 14.1 Å². The lowest BCUT2D eigenvalue weighted by Crippen LogP contribution is -2.40. The third-order valence-corrected chi connectivity index (χ3v) is 13.8. The molecule has 0 aliphatic heterocycles. The van der Waals surface area contributed by atoms with Gasteiger partial charge in [0.25, 0.3) is 0 Å². The van der Waals surface area contributed by atoms with Crippen molar-refractivity contribution in [3.05, 3.63) is 24.3 Å². The molecule has 0 aromatic rings. The fraction of sp³-hybridized carbons (Fsp3) is 0.828. The molecule has 0 aromatic heterocycles. The highest BCUT2D eigenvalue weighted by atomic mass is 28.4. The number of unbranched alkanes of at least 4 members (excludes halogenated alkanes) is 5. The molecule has 3 heteroatoms. The molecule has 0 radical (unpaired) electrons. The van der Waals surface area contributed by atoms with Gasteiger partial charge in [-0.2, -0.15) is 0 Å². The normalized spacial score (nSPS) is 31.9. The van der Waals surface area contributed by atoms with Crippen molar-refractivity contribution in [2.45, 2.75) is 110 Å². The molecule has 2 bridgehead atoms. The Labute approximate surface area is 199 Å². The van der Waals surface area contributed by atoms with Gasteiger partial charge in [-0.1, -0.05) is 84.1 Å². The van der Waals surface area contributed by atoms with Gasteiger partial charge in [-0.05, 0) is 73.9 Å². The van der Waals surface area contributed by atoms with Crippen LogP contribution in [-0.2, 0) is 9.22 Å². The standard InChI is InChI=1S/C29H50O2Si/c1-7-8-13-17-25-24(26-22-18-19-23(21-22)27(26)28(25)30)16-14-11-9-10-12-15-20-31-32(5,6)29(2,3)4/h8,13,18-19,22-27H,7,9-12,14-17,20-21H2,1-6H3/b13-8-/t22-,23+,24+,25+,26-,27-/m0/s1. The van der Waals surface area contributed by atoms with Gasteiger partial charge in [0.15, 0.2) is 8.32 Å². The molecule has 3 aliphatic rings. The van der Waals surface area contributed by atoms with Crippen LogP contribution in [0, 0.1) is 35.5 Å². The quantitative estimate of drug-likeness (QED) is 0.157. The molecule has 6 atom stereocenters. The summed E-state index contributed by atoms with van der Waals surface area (Å²) >= 11 is 0. The molecule has 3 rings (SSSR count). The zero-order valence-electron chi connectivity index (χ0n) is 21.9. The molecule has 2 saturated carbocycles. The molecular weight excluding hydrogens is 408 g/mol. The van der Waals surface area contributed by atoms with Gasteiger partial charge in [-0.15, -0.1) is 0 Å². The zero-order valence-corrected chi connectivity index (χ0v) is 22.9. The summed E-state index contributed by atoms with van der Waals surface area (Å²) < 4.78 is 6.31. The molecule has 0 unspecified atom stereocenters. The predicted molar refractivity (Wildman–Crippen MR) is 139 cm³/mol. The van der Waals surface area contributed by atoms with E-state index in [0.29, 0.717) is 46.3 Å². The lowest BCUT2D eigenvalue weighted by Gasteiger charge is -2.36. The molecule has 3 aliphatic carbocycles. The molecule has 0 heterocycles. The van der Waals surface area contributed by atoms with Crippen LogP contribution < -0.4 is 0 Å². The minimum absolute atomic E-state index is 0.297. The van der Waals surface area contributed by atoms with Crippen LogP contribution in [0.5, 0.6) is 0 Å². The van der Waals surface area contributed by atoms with Gasteiger partial charge in [0, 0.05) is 18.4 Å². The number of hydrogen-bond acceptors (Lipinski definition) is 2. The number of Topliss-reactive ketones (excluding diaryl/α,β-unsaturated/α-hetero) is 1. The van der Waals surface area contributed by atoms with Crippen molar-refractivity contribution in [2.75, 3.05) is 6.61 Å². The first-order valence-electron chi connectivity index (χ1n) is 13.7. The van der Waals surface area contributed by atoms with E-state index in [4.69, 9.17) is 4.43 Å². The third kappa shape index (κ3) is 5.87. The van der Waals surface area contributed by atoms with E-state index in [9.17, 15) is 4.79 Å². The van der Waals surface area contributed by atoms with Crippen molar-refractivity contribution in [3.8, 4) is 0 Å². The molecule has 0 aromatic carbocycles. The highest BCUT2D eigenvalue weighted by Gasteiger charge is 2.58. The maximum Gasteiger partial charge on any atom is 0.191 e. The zero-order chi connectivity index (χ0) is 23.4. The minimum Gasteiger partial charge on any atom is -0.417 e. The number of fused-ring (bicyclic) bond motifs is 5. The number of carbonyl (C=O) groups is 1. The van der Waals surface area contributed by atoms with Crippen molar-refractivity contribution < 1.29 is 9.22 Å². The summed E-state index contributed by atoms with van der Waals surface area (Å²) in [4.78, 5) is 13.3. The Morgan fingerprint density at radius 1 is 1.00 bits per heavy atom. The molecule has 2 nitrogen and oxygen atoms in total. The van der Waals surface area contributed by atoms with Crippen LogP contribution in [0.15, 0.2) is 24.3 Å². The molecular formula is C29H50O2Si. The van der Waals surface area contributed by atoms with Gasteiger partial charge < -0.3 is 4.43 Å². The third-order valence-electron chi connectivity index (χ3n) is 9.22.